The predicted molar refractivity (Wildman–Crippen MR) is 103 cm³/mol. The summed E-state index contributed by atoms with van der Waals surface area (Å²) >= 11 is 0. The zero-order valence-electron chi connectivity index (χ0n) is 14.7. The topological polar surface area (TPSA) is 9.23 Å². The molecule has 0 fully saturated rings. The minimum absolute atomic E-state index is 0.218. The molecule has 0 aliphatic carbocycles. The zero-order valence-corrected chi connectivity index (χ0v) is 14.7. The van der Waals surface area contributed by atoms with E-state index in [0.717, 1.165) is 28.3 Å². The smallest absolute Gasteiger partial charge is 0.406 e. The summed E-state index contributed by atoms with van der Waals surface area (Å²) in [5.41, 5.74) is 3.10. The van der Waals surface area contributed by atoms with E-state index in [1.807, 2.05) is 6.07 Å². The van der Waals surface area contributed by atoms with Gasteiger partial charge >= 0.3 is 6.36 Å². The number of hydrogen-bond donors (Lipinski definition) is 0. The van der Waals surface area contributed by atoms with Crippen molar-refractivity contribution in [3.05, 3.63) is 78.4 Å². The van der Waals surface area contributed by atoms with Crippen molar-refractivity contribution in [2.75, 3.05) is 0 Å². The Labute approximate surface area is 155 Å². The first-order valence-electron chi connectivity index (χ1n) is 8.74. The molecular formula is C23H17F3O. The molecule has 0 unspecified atom stereocenters. The van der Waals surface area contributed by atoms with E-state index >= 15 is 0 Å². The summed E-state index contributed by atoms with van der Waals surface area (Å²) in [6, 6.07) is 22.8. The van der Waals surface area contributed by atoms with Crippen molar-refractivity contribution in [2.24, 2.45) is 0 Å². The molecule has 0 atom stereocenters. The van der Waals surface area contributed by atoms with E-state index < -0.39 is 6.36 Å². The van der Waals surface area contributed by atoms with Gasteiger partial charge in [0.2, 0.25) is 0 Å². The highest BCUT2D eigenvalue weighted by Crippen LogP contribution is 2.31. The summed E-state index contributed by atoms with van der Waals surface area (Å²) in [4.78, 5) is 0. The van der Waals surface area contributed by atoms with Gasteiger partial charge in [-0.05, 0) is 62.9 Å². The van der Waals surface area contributed by atoms with Crippen LogP contribution in [0.2, 0.25) is 0 Å². The molecule has 136 valence electrons. The van der Waals surface area contributed by atoms with Crippen LogP contribution in [0.15, 0.2) is 72.8 Å². The minimum Gasteiger partial charge on any atom is -0.406 e. The third kappa shape index (κ3) is 3.61. The molecule has 0 N–H and O–H groups in total. The van der Waals surface area contributed by atoms with Gasteiger partial charge in [0, 0.05) is 0 Å². The van der Waals surface area contributed by atoms with Crippen molar-refractivity contribution in [2.45, 2.75) is 19.7 Å². The predicted octanol–water partition coefficient (Wildman–Crippen LogP) is 7.12. The Hall–Kier alpha value is -3.01. The molecule has 4 heteroatoms. The maximum absolute atomic E-state index is 12.3. The minimum atomic E-state index is -4.68. The van der Waals surface area contributed by atoms with Crippen LogP contribution < -0.4 is 4.74 Å². The molecule has 4 aromatic rings. The highest BCUT2D eigenvalue weighted by Gasteiger charge is 2.30. The Morgan fingerprint density at radius 1 is 0.704 bits per heavy atom. The van der Waals surface area contributed by atoms with Crippen molar-refractivity contribution >= 4 is 21.5 Å². The number of hydrogen-bond acceptors (Lipinski definition) is 1. The van der Waals surface area contributed by atoms with Gasteiger partial charge in [0.25, 0.3) is 0 Å². The van der Waals surface area contributed by atoms with E-state index in [1.165, 1.54) is 28.5 Å². The molecule has 0 aromatic heterocycles. The van der Waals surface area contributed by atoms with Gasteiger partial charge in [0.05, 0.1) is 0 Å². The van der Waals surface area contributed by atoms with E-state index in [0.29, 0.717) is 0 Å². The van der Waals surface area contributed by atoms with Crippen LogP contribution in [-0.2, 0) is 6.42 Å². The number of alkyl halides is 3. The maximum atomic E-state index is 12.3. The lowest BCUT2D eigenvalue weighted by Gasteiger charge is -2.10. The Bertz CT molecular complexity index is 1110. The molecular weight excluding hydrogens is 349 g/mol. The molecule has 4 aromatic carbocycles. The van der Waals surface area contributed by atoms with E-state index in [-0.39, 0.29) is 5.75 Å². The van der Waals surface area contributed by atoms with Crippen LogP contribution in [0, 0.1) is 0 Å². The number of fused-ring (bicyclic) bond motifs is 3. The van der Waals surface area contributed by atoms with E-state index in [9.17, 15) is 13.2 Å². The second-order valence-electron chi connectivity index (χ2n) is 6.48. The molecule has 1 nitrogen and oxygen atoms in total. The summed E-state index contributed by atoms with van der Waals surface area (Å²) < 4.78 is 40.8. The zero-order chi connectivity index (χ0) is 19.0. The monoisotopic (exact) mass is 366 g/mol. The van der Waals surface area contributed by atoms with Crippen molar-refractivity contribution in [1.29, 1.82) is 0 Å². The van der Waals surface area contributed by atoms with Crippen LogP contribution >= 0.6 is 0 Å². The van der Waals surface area contributed by atoms with Crippen molar-refractivity contribution in [3.63, 3.8) is 0 Å². The van der Waals surface area contributed by atoms with Crippen LogP contribution in [0.1, 0.15) is 12.5 Å². The third-order valence-corrected chi connectivity index (χ3v) is 4.73. The van der Waals surface area contributed by atoms with Crippen LogP contribution in [0.25, 0.3) is 32.7 Å². The largest absolute Gasteiger partial charge is 0.573 e. The number of aryl methyl sites for hydroxylation is 1. The summed E-state index contributed by atoms with van der Waals surface area (Å²) in [7, 11) is 0. The number of benzene rings is 4. The average Bonchev–Trinajstić information content (AvgIpc) is 2.66. The first-order chi connectivity index (χ1) is 12.9. The fraction of sp³-hybridized carbons (Fsp3) is 0.130. The molecule has 0 radical (unpaired) electrons. The Morgan fingerprint density at radius 2 is 1.30 bits per heavy atom. The van der Waals surface area contributed by atoms with Crippen molar-refractivity contribution < 1.29 is 17.9 Å². The molecule has 4 rings (SSSR count). The summed E-state index contributed by atoms with van der Waals surface area (Å²) in [6.07, 6.45) is -3.68. The molecule has 0 saturated heterocycles. The molecule has 0 amide bonds. The van der Waals surface area contributed by atoms with Gasteiger partial charge in [-0.25, -0.2) is 0 Å². The Kier molecular flexibility index (Phi) is 4.27. The summed E-state index contributed by atoms with van der Waals surface area (Å²) in [5.74, 6) is -0.218. The fourth-order valence-corrected chi connectivity index (χ4v) is 3.37. The fourth-order valence-electron chi connectivity index (χ4n) is 3.37. The highest BCUT2D eigenvalue weighted by molar-refractivity contribution is 6.08. The van der Waals surface area contributed by atoms with Crippen LogP contribution in [-0.4, -0.2) is 6.36 Å². The second kappa shape index (κ2) is 6.62. The van der Waals surface area contributed by atoms with Gasteiger partial charge in [-0.1, -0.05) is 61.5 Å². The third-order valence-electron chi connectivity index (χ3n) is 4.73. The molecule has 0 heterocycles. The summed E-state index contributed by atoms with van der Waals surface area (Å²) in [6.45, 7) is 2.14. The van der Waals surface area contributed by atoms with Gasteiger partial charge in [-0.15, -0.1) is 13.2 Å². The first-order valence-corrected chi connectivity index (χ1v) is 8.74. The number of halogens is 3. The van der Waals surface area contributed by atoms with E-state index in [4.69, 9.17) is 0 Å². The SMILES string of the molecule is CCc1ccc2c(ccc3cc(-c4ccc(OC(F)(F)F)cc4)ccc32)c1. The molecule has 0 saturated carbocycles. The Balaban J connectivity index is 1.72. The lowest BCUT2D eigenvalue weighted by Crippen LogP contribution is -2.16. The highest BCUT2D eigenvalue weighted by atomic mass is 19.4. The van der Waals surface area contributed by atoms with Crippen molar-refractivity contribution in [3.8, 4) is 16.9 Å². The van der Waals surface area contributed by atoms with Crippen LogP contribution in [0.4, 0.5) is 13.2 Å². The standard InChI is InChI=1S/C23H17F3O/c1-2-15-3-11-21-18(13-15)4-5-19-14-17(8-12-22(19)21)16-6-9-20(10-7-16)27-23(24,25)26/h3-14H,2H2,1H3. The van der Waals surface area contributed by atoms with Gasteiger partial charge < -0.3 is 4.74 Å². The second-order valence-corrected chi connectivity index (χ2v) is 6.48. The van der Waals surface area contributed by atoms with Gasteiger partial charge in [-0.3, -0.25) is 0 Å². The molecule has 0 aliphatic rings. The molecule has 0 bridgehead atoms. The lowest BCUT2D eigenvalue weighted by molar-refractivity contribution is -0.274. The summed E-state index contributed by atoms with van der Waals surface area (Å²) in [5, 5.41) is 4.67. The molecule has 0 spiro atoms. The van der Waals surface area contributed by atoms with Crippen LogP contribution in [0.5, 0.6) is 5.75 Å². The molecule has 27 heavy (non-hydrogen) atoms. The number of ether oxygens (including phenoxy) is 1. The maximum Gasteiger partial charge on any atom is 0.573 e. The molecule has 0 aliphatic heterocycles. The van der Waals surface area contributed by atoms with Gasteiger partial charge in [0.1, 0.15) is 5.75 Å². The Morgan fingerprint density at radius 3 is 1.93 bits per heavy atom. The van der Waals surface area contributed by atoms with Crippen LogP contribution in [0.3, 0.4) is 0 Å². The quantitative estimate of drug-likeness (QED) is 0.351. The van der Waals surface area contributed by atoms with Gasteiger partial charge in [0.15, 0.2) is 0 Å². The number of rotatable bonds is 3. The normalized spacial score (nSPS) is 11.9. The van der Waals surface area contributed by atoms with E-state index in [1.54, 1.807) is 12.1 Å². The average molecular weight is 366 g/mol. The van der Waals surface area contributed by atoms with Crippen molar-refractivity contribution in [1.82, 2.24) is 0 Å². The lowest BCUT2D eigenvalue weighted by atomic mass is 9.96. The van der Waals surface area contributed by atoms with Gasteiger partial charge in [-0.2, -0.15) is 0 Å². The van der Waals surface area contributed by atoms with E-state index in [2.05, 4.69) is 54.1 Å². The first kappa shape index (κ1) is 17.4.